The summed E-state index contributed by atoms with van der Waals surface area (Å²) in [7, 11) is -3.59. The van der Waals surface area contributed by atoms with E-state index in [1.165, 1.54) is 17.7 Å². The molecule has 2 aromatic rings. The van der Waals surface area contributed by atoms with E-state index in [1.807, 2.05) is 6.07 Å². The van der Waals surface area contributed by atoms with Gasteiger partial charge < -0.3 is 4.74 Å². The number of rotatable bonds is 5. The predicted molar refractivity (Wildman–Crippen MR) is 97.9 cm³/mol. The topological polar surface area (TPSA) is 55.4 Å². The summed E-state index contributed by atoms with van der Waals surface area (Å²) < 4.78 is 45.7. The lowest BCUT2D eigenvalue weighted by Crippen LogP contribution is -2.24. The highest BCUT2D eigenvalue weighted by molar-refractivity contribution is 7.89. The maximum Gasteiger partial charge on any atom is 0.241 e. The van der Waals surface area contributed by atoms with Gasteiger partial charge in [0.15, 0.2) is 11.6 Å². The maximum atomic E-state index is 13.4. The largest absolute Gasteiger partial charge is 0.478 e. The minimum Gasteiger partial charge on any atom is -0.478 e. The Bertz CT molecular complexity index is 945. The average Bonchev–Trinajstić information content (AvgIpc) is 2.65. The molecule has 6 heteroatoms. The number of aryl methyl sites for hydroxylation is 2. The molecule has 0 unspecified atom stereocenters. The lowest BCUT2D eigenvalue weighted by Gasteiger charge is -2.16. The zero-order chi connectivity index (χ0) is 18.4. The Balaban J connectivity index is 1.54. The first kappa shape index (κ1) is 18.4. The Labute approximate surface area is 153 Å². The van der Waals surface area contributed by atoms with E-state index in [9.17, 15) is 12.8 Å². The van der Waals surface area contributed by atoms with Crippen LogP contribution in [0.4, 0.5) is 4.39 Å². The van der Waals surface area contributed by atoms with Crippen LogP contribution in [0.15, 0.2) is 47.4 Å². The van der Waals surface area contributed by atoms with Crippen molar-refractivity contribution in [3.8, 4) is 17.6 Å². The van der Waals surface area contributed by atoms with E-state index in [0.717, 1.165) is 31.2 Å². The minimum absolute atomic E-state index is 0.0124. The Kier molecular flexibility index (Phi) is 5.92. The fourth-order valence-electron chi connectivity index (χ4n) is 2.88. The smallest absolute Gasteiger partial charge is 0.241 e. The van der Waals surface area contributed by atoms with Gasteiger partial charge in [-0.3, -0.25) is 0 Å². The standard InChI is InChI=1S/C20H20FNO3S/c21-19-9-3-4-10-20(19)25-14-6-5-13-22-26(23,24)18-12-11-16-7-1-2-8-17(16)15-18/h3-4,9-12,15,22H,1-2,7-8,13-14H2. The fraction of sp³-hybridized carbons (Fsp3) is 0.300. The van der Waals surface area contributed by atoms with Crippen LogP contribution in [0, 0.1) is 17.7 Å². The average molecular weight is 373 g/mol. The van der Waals surface area contributed by atoms with Crippen molar-refractivity contribution in [2.24, 2.45) is 0 Å². The molecule has 0 spiro atoms. The SMILES string of the molecule is O=S(=O)(NCC#CCOc1ccccc1F)c1ccc2c(c1)CCCC2. The number of hydrogen-bond acceptors (Lipinski definition) is 3. The predicted octanol–water partition coefficient (Wildman–Crippen LogP) is 3.07. The quantitative estimate of drug-likeness (QED) is 0.820. The van der Waals surface area contributed by atoms with Crippen LogP contribution in [0.3, 0.4) is 0 Å². The number of fused-ring (bicyclic) bond motifs is 1. The van der Waals surface area contributed by atoms with E-state index < -0.39 is 15.8 Å². The molecule has 4 nitrogen and oxygen atoms in total. The second-order valence-electron chi connectivity index (χ2n) is 6.03. The molecule has 136 valence electrons. The van der Waals surface area contributed by atoms with Gasteiger partial charge in [-0.1, -0.05) is 30.0 Å². The highest BCUT2D eigenvalue weighted by Gasteiger charge is 2.16. The number of sulfonamides is 1. The van der Waals surface area contributed by atoms with Crippen LogP contribution in [-0.2, 0) is 22.9 Å². The Hall–Kier alpha value is -2.36. The van der Waals surface area contributed by atoms with Crippen LogP contribution in [0.1, 0.15) is 24.0 Å². The van der Waals surface area contributed by atoms with E-state index in [1.54, 1.807) is 24.3 Å². The monoisotopic (exact) mass is 373 g/mol. The summed E-state index contributed by atoms with van der Waals surface area (Å²) in [4.78, 5) is 0.266. The summed E-state index contributed by atoms with van der Waals surface area (Å²) in [5.41, 5.74) is 2.35. The molecular weight excluding hydrogens is 353 g/mol. The van der Waals surface area contributed by atoms with Crippen molar-refractivity contribution in [1.29, 1.82) is 0 Å². The van der Waals surface area contributed by atoms with Crippen molar-refractivity contribution < 1.29 is 17.5 Å². The molecule has 0 aliphatic heterocycles. The molecule has 0 saturated carbocycles. The van der Waals surface area contributed by atoms with Crippen LogP contribution < -0.4 is 9.46 Å². The lowest BCUT2D eigenvalue weighted by atomic mass is 9.92. The van der Waals surface area contributed by atoms with Gasteiger partial charge in [0.25, 0.3) is 0 Å². The van der Waals surface area contributed by atoms with Gasteiger partial charge in [-0.05, 0) is 61.1 Å². The van der Waals surface area contributed by atoms with Crippen LogP contribution in [-0.4, -0.2) is 21.6 Å². The lowest BCUT2D eigenvalue weighted by molar-refractivity contribution is 0.348. The number of halogens is 1. The Morgan fingerprint density at radius 3 is 2.62 bits per heavy atom. The Morgan fingerprint density at radius 1 is 1.04 bits per heavy atom. The molecule has 0 heterocycles. The van der Waals surface area contributed by atoms with Gasteiger partial charge >= 0.3 is 0 Å². The van der Waals surface area contributed by atoms with Crippen LogP contribution >= 0.6 is 0 Å². The van der Waals surface area contributed by atoms with Gasteiger partial charge in [0.05, 0.1) is 11.4 Å². The highest BCUT2D eigenvalue weighted by atomic mass is 32.2. The van der Waals surface area contributed by atoms with Gasteiger partial charge in [0.2, 0.25) is 10.0 Å². The van der Waals surface area contributed by atoms with E-state index in [2.05, 4.69) is 16.6 Å². The molecule has 26 heavy (non-hydrogen) atoms. The van der Waals surface area contributed by atoms with E-state index >= 15 is 0 Å². The molecule has 0 fully saturated rings. The molecule has 0 atom stereocenters. The number of benzene rings is 2. The summed E-state index contributed by atoms with van der Waals surface area (Å²) in [6.45, 7) is -0.0401. The van der Waals surface area contributed by atoms with E-state index in [4.69, 9.17) is 4.74 Å². The molecule has 1 N–H and O–H groups in total. The molecule has 0 amide bonds. The Morgan fingerprint density at radius 2 is 1.81 bits per heavy atom. The summed E-state index contributed by atoms with van der Waals surface area (Å²) in [5.74, 6) is 5.01. The molecular formula is C20H20FNO3S. The third-order valence-electron chi connectivity index (χ3n) is 4.24. The fourth-order valence-corrected chi connectivity index (χ4v) is 3.85. The molecule has 2 aromatic carbocycles. The van der Waals surface area contributed by atoms with Crippen molar-refractivity contribution >= 4 is 10.0 Å². The first-order valence-electron chi connectivity index (χ1n) is 8.51. The summed E-state index contributed by atoms with van der Waals surface area (Å²) in [5, 5.41) is 0. The van der Waals surface area contributed by atoms with Gasteiger partial charge in [0.1, 0.15) is 6.61 Å². The number of ether oxygens (including phenoxy) is 1. The van der Waals surface area contributed by atoms with Gasteiger partial charge in [-0.25, -0.2) is 12.8 Å². The van der Waals surface area contributed by atoms with Crippen molar-refractivity contribution in [3.63, 3.8) is 0 Å². The minimum atomic E-state index is -3.59. The van der Waals surface area contributed by atoms with Crippen molar-refractivity contribution in [1.82, 2.24) is 4.72 Å². The third kappa shape index (κ3) is 4.63. The first-order valence-corrected chi connectivity index (χ1v) is 9.99. The molecule has 0 saturated heterocycles. The van der Waals surface area contributed by atoms with Gasteiger partial charge in [0, 0.05) is 0 Å². The molecule has 0 radical (unpaired) electrons. The van der Waals surface area contributed by atoms with Gasteiger partial charge in [-0.2, -0.15) is 4.72 Å². The van der Waals surface area contributed by atoms with E-state index in [0.29, 0.717) is 0 Å². The third-order valence-corrected chi connectivity index (χ3v) is 5.64. The summed E-state index contributed by atoms with van der Waals surface area (Å²) >= 11 is 0. The summed E-state index contributed by atoms with van der Waals surface area (Å²) in [6, 6.07) is 11.3. The molecule has 1 aliphatic rings. The molecule has 0 bridgehead atoms. The van der Waals surface area contributed by atoms with E-state index in [-0.39, 0.29) is 23.8 Å². The zero-order valence-electron chi connectivity index (χ0n) is 14.3. The molecule has 1 aliphatic carbocycles. The van der Waals surface area contributed by atoms with Crippen molar-refractivity contribution in [3.05, 3.63) is 59.4 Å². The van der Waals surface area contributed by atoms with Crippen molar-refractivity contribution in [2.45, 2.75) is 30.6 Å². The number of para-hydroxylation sites is 1. The van der Waals surface area contributed by atoms with Crippen LogP contribution in [0.25, 0.3) is 0 Å². The highest BCUT2D eigenvalue weighted by Crippen LogP contribution is 2.23. The maximum absolute atomic E-state index is 13.4. The molecule has 0 aromatic heterocycles. The normalized spacial score (nSPS) is 13.4. The second-order valence-corrected chi connectivity index (χ2v) is 7.80. The van der Waals surface area contributed by atoms with Crippen molar-refractivity contribution in [2.75, 3.05) is 13.2 Å². The van der Waals surface area contributed by atoms with Crippen LogP contribution in [0.5, 0.6) is 5.75 Å². The zero-order valence-corrected chi connectivity index (χ0v) is 15.1. The first-order chi connectivity index (χ1) is 12.6. The second kappa shape index (κ2) is 8.35. The summed E-state index contributed by atoms with van der Waals surface area (Å²) in [6.07, 6.45) is 4.18. The number of nitrogens with one attached hydrogen (secondary N) is 1. The van der Waals surface area contributed by atoms with Crippen LogP contribution in [0.2, 0.25) is 0 Å². The van der Waals surface area contributed by atoms with Gasteiger partial charge in [-0.15, -0.1) is 0 Å². The number of hydrogen-bond donors (Lipinski definition) is 1. The molecule has 3 rings (SSSR count).